The molecule has 2 atom stereocenters. The van der Waals surface area contributed by atoms with Gasteiger partial charge >= 0.3 is 6.09 Å². The zero-order valence-electron chi connectivity index (χ0n) is 20.9. The fourth-order valence-electron chi connectivity index (χ4n) is 6.30. The van der Waals surface area contributed by atoms with E-state index in [1.165, 1.54) is 22.3 Å². The molecule has 2 bridgehead atoms. The number of methoxy groups -OCH3 is 2. The largest absolute Gasteiger partial charge is 0.448 e. The van der Waals surface area contributed by atoms with Crippen molar-refractivity contribution >= 4 is 11.9 Å². The summed E-state index contributed by atoms with van der Waals surface area (Å²) in [6.07, 6.45) is 4.25. The Morgan fingerprint density at radius 3 is 2.00 bits per heavy atom. The SMILES string of the molecule is COC(C)(CC(=O)C1CC2CCCC(C1)N2C(=O)OCC1c2ccccc2-c2ccccc21)OC. The topological polar surface area (TPSA) is 65.1 Å². The Morgan fingerprint density at radius 2 is 1.46 bits per heavy atom. The van der Waals surface area contributed by atoms with Gasteiger partial charge in [0.1, 0.15) is 12.4 Å². The quantitative estimate of drug-likeness (QED) is 0.490. The molecule has 6 heteroatoms. The number of hydrogen-bond acceptors (Lipinski definition) is 5. The van der Waals surface area contributed by atoms with Gasteiger partial charge in [-0.1, -0.05) is 48.5 Å². The molecule has 2 fully saturated rings. The van der Waals surface area contributed by atoms with E-state index < -0.39 is 5.79 Å². The van der Waals surface area contributed by atoms with Gasteiger partial charge < -0.3 is 19.1 Å². The molecule has 1 aliphatic carbocycles. The van der Waals surface area contributed by atoms with Crippen molar-refractivity contribution in [3.63, 3.8) is 0 Å². The number of carbonyl (C=O) groups excluding carboxylic acids is 2. The average Bonchev–Trinajstić information content (AvgIpc) is 3.20. The van der Waals surface area contributed by atoms with Crippen molar-refractivity contribution in [2.24, 2.45) is 5.92 Å². The second kappa shape index (κ2) is 9.75. The van der Waals surface area contributed by atoms with E-state index >= 15 is 0 Å². The Morgan fingerprint density at radius 1 is 0.914 bits per heavy atom. The number of amides is 1. The Hall–Kier alpha value is -2.70. The third-order valence-electron chi connectivity index (χ3n) is 8.34. The van der Waals surface area contributed by atoms with Crippen molar-refractivity contribution in [3.8, 4) is 11.1 Å². The summed E-state index contributed by atoms with van der Waals surface area (Å²) in [7, 11) is 3.12. The lowest BCUT2D eigenvalue weighted by atomic mass is 9.76. The predicted molar refractivity (Wildman–Crippen MR) is 133 cm³/mol. The second-order valence-corrected chi connectivity index (χ2v) is 10.3. The van der Waals surface area contributed by atoms with Crippen LogP contribution in [0.15, 0.2) is 48.5 Å². The number of piperidine rings is 2. The number of benzene rings is 2. The number of carbonyl (C=O) groups is 2. The van der Waals surface area contributed by atoms with E-state index in [1.807, 2.05) is 17.0 Å². The minimum Gasteiger partial charge on any atom is -0.448 e. The summed E-state index contributed by atoms with van der Waals surface area (Å²) in [6.45, 7) is 2.11. The lowest BCUT2D eigenvalue weighted by Crippen LogP contribution is -2.56. The molecule has 0 N–H and O–H groups in total. The highest BCUT2D eigenvalue weighted by Crippen LogP contribution is 2.45. The summed E-state index contributed by atoms with van der Waals surface area (Å²) in [5.74, 6) is -0.783. The molecule has 186 valence electrons. The van der Waals surface area contributed by atoms with Gasteiger partial charge in [-0.15, -0.1) is 0 Å². The van der Waals surface area contributed by atoms with Gasteiger partial charge in [-0.3, -0.25) is 4.79 Å². The van der Waals surface area contributed by atoms with Crippen LogP contribution in [0.5, 0.6) is 0 Å². The number of Topliss-reactive ketones (excluding diaryl/α,β-unsaturated/α-hetero) is 1. The van der Waals surface area contributed by atoms with Gasteiger partial charge in [-0.2, -0.15) is 0 Å². The molecular weight excluding hydrogens is 442 g/mol. The lowest BCUT2D eigenvalue weighted by molar-refractivity contribution is -0.199. The summed E-state index contributed by atoms with van der Waals surface area (Å²) in [6, 6.07) is 16.8. The molecule has 1 amide bonds. The maximum atomic E-state index is 13.4. The van der Waals surface area contributed by atoms with Gasteiger partial charge in [-0.05, 0) is 61.3 Å². The predicted octanol–water partition coefficient (Wildman–Crippen LogP) is 5.54. The van der Waals surface area contributed by atoms with Crippen molar-refractivity contribution in [3.05, 3.63) is 59.7 Å². The van der Waals surface area contributed by atoms with Gasteiger partial charge in [0.05, 0.1) is 6.42 Å². The summed E-state index contributed by atoms with van der Waals surface area (Å²) in [4.78, 5) is 28.4. The summed E-state index contributed by atoms with van der Waals surface area (Å²) < 4.78 is 16.8. The summed E-state index contributed by atoms with van der Waals surface area (Å²) >= 11 is 0. The highest BCUT2D eigenvalue weighted by molar-refractivity contribution is 5.82. The smallest absolute Gasteiger partial charge is 0.410 e. The molecule has 6 nitrogen and oxygen atoms in total. The standard InChI is InChI=1S/C29H35NO5/c1-29(33-2,34-3)17-27(31)19-15-20-9-8-10-21(16-19)30(20)28(32)35-18-26-24-13-6-4-11-22(24)23-12-5-7-14-25(23)26/h4-7,11-14,19-21,26H,8-10,15-18H2,1-3H3. The first kappa shape index (κ1) is 24.0. The molecular formula is C29H35NO5. The summed E-state index contributed by atoms with van der Waals surface area (Å²) in [5, 5.41) is 0. The molecule has 2 aliphatic heterocycles. The van der Waals surface area contributed by atoms with Crippen molar-refractivity contribution in [2.45, 2.75) is 69.2 Å². The van der Waals surface area contributed by atoms with Crippen LogP contribution in [0.1, 0.15) is 62.5 Å². The molecule has 0 saturated carbocycles. The third kappa shape index (κ3) is 4.50. The molecule has 2 heterocycles. The van der Waals surface area contributed by atoms with Crippen LogP contribution in [0.2, 0.25) is 0 Å². The van der Waals surface area contributed by atoms with Gasteiger partial charge in [0.25, 0.3) is 0 Å². The molecule has 0 aromatic heterocycles. The normalized spacial score (nSPS) is 23.5. The van der Waals surface area contributed by atoms with Gasteiger partial charge in [-0.25, -0.2) is 4.79 Å². The number of rotatable bonds is 7. The lowest BCUT2D eigenvalue weighted by Gasteiger charge is -2.48. The molecule has 2 aromatic rings. The van der Waals surface area contributed by atoms with Crippen LogP contribution in [-0.4, -0.2) is 55.5 Å². The van der Waals surface area contributed by atoms with Crippen molar-refractivity contribution < 1.29 is 23.8 Å². The van der Waals surface area contributed by atoms with Crippen molar-refractivity contribution in [2.75, 3.05) is 20.8 Å². The Bertz CT molecular complexity index is 1030. The van der Waals surface area contributed by atoms with E-state index in [4.69, 9.17) is 14.2 Å². The van der Waals surface area contributed by atoms with Gasteiger partial charge in [0.15, 0.2) is 5.79 Å². The molecule has 0 radical (unpaired) electrons. The van der Waals surface area contributed by atoms with E-state index in [1.54, 1.807) is 21.1 Å². The number of nitrogens with zero attached hydrogens (tertiary/aromatic N) is 1. The van der Waals surface area contributed by atoms with E-state index in [0.717, 1.165) is 19.3 Å². The molecule has 35 heavy (non-hydrogen) atoms. The van der Waals surface area contributed by atoms with E-state index in [9.17, 15) is 9.59 Å². The minimum absolute atomic E-state index is 0.0449. The first-order valence-corrected chi connectivity index (χ1v) is 12.7. The van der Waals surface area contributed by atoms with Crippen LogP contribution < -0.4 is 0 Å². The molecule has 5 rings (SSSR count). The highest BCUT2D eigenvalue weighted by atomic mass is 16.7. The highest BCUT2D eigenvalue weighted by Gasteiger charge is 2.45. The van der Waals surface area contributed by atoms with E-state index in [0.29, 0.717) is 19.4 Å². The first-order valence-electron chi connectivity index (χ1n) is 12.7. The zero-order chi connectivity index (χ0) is 24.6. The van der Waals surface area contributed by atoms with Crippen LogP contribution in [0.25, 0.3) is 11.1 Å². The second-order valence-electron chi connectivity index (χ2n) is 10.3. The molecule has 2 unspecified atom stereocenters. The molecule has 0 spiro atoms. The Labute approximate surface area is 207 Å². The van der Waals surface area contributed by atoms with E-state index in [2.05, 4.69) is 36.4 Å². The van der Waals surface area contributed by atoms with Crippen LogP contribution in [-0.2, 0) is 19.0 Å². The first-order chi connectivity index (χ1) is 16.9. The zero-order valence-corrected chi connectivity index (χ0v) is 20.9. The third-order valence-corrected chi connectivity index (χ3v) is 8.34. The van der Waals surface area contributed by atoms with Crippen LogP contribution >= 0.6 is 0 Å². The maximum absolute atomic E-state index is 13.4. The summed E-state index contributed by atoms with van der Waals surface area (Å²) in [5.41, 5.74) is 4.87. The number of ether oxygens (including phenoxy) is 3. The molecule has 3 aliphatic rings. The molecule has 2 saturated heterocycles. The van der Waals surface area contributed by atoms with Gasteiger partial charge in [0.2, 0.25) is 0 Å². The van der Waals surface area contributed by atoms with E-state index in [-0.39, 0.29) is 42.2 Å². The minimum atomic E-state index is -0.907. The van der Waals surface area contributed by atoms with Crippen molar-refractivity contribution in [1.82, 2.24) is 4.90 Å². The number of fused-ring (bicyclic) bond motifs is 5. The molecule has 2 aromatic carbocycles. The number of ketones is 1. The van der Waals surface area contributed by atoms with Crippen molar-refractivity contribution in [1.29, 1.82) is 0 Å². The average molecular weight is 478 g/mol. The maximum Gasteiger partial charge on any atom is 0.410 e. The Balaban J connectivity index is 1.26. The fourth-order valence-corrected chi connectivity index (χ4v) is 6.30. The Kier molecular flexibility index (Phi) is 6.69. The fraction of sp³-hybridized carbons (Fsp3) is 0.517. The van der Waals surface area contributed by atoms with Gasteiger partial charge in [0, 0.05) is 38.1 Å². The monoisotopic (exact) mass is 477 g/mol. The number of hydrogen-bond donors (Lipinski definition) is 0. The van der Waals surface area contributed by atoms with Crippen LogP contribution in [0.4, 0.5) is 4.79 Å². The van der Waals surface area contributed by atoms with Crippen LogP contribution in [0, 0.1) is 5.92 Å². The van der Waals surface area contributed by atoms with Crippen LogP contribution in [0.3, 0.4) is 0 Å².